The number of halogens is 1. The quantitative estimate of drug-likeness (QED) is 0.733. The van der Waals surface area contributed by atoms with Gasteiger partial charge in [0.05, 0.1) is 18.6 Å². The maximum absolute atomic E-state index is 9.76. The summed E-state index contributed by atoms with van der Waals surface area (Å²) in [6.45, 7) is 4.59. The highest BCUT2D eigenvalue weighted by molar-refractivity contribution is 9.10. The maximum atomic E-state index is 9.76. The zero-order chi connectivity index (χ0) is 15.5. The molecule has 0 saturated heterocycles. The van der Waals surface area contributed by atoms with Crippen LogP contribution in [0.3, 0.4) is 0 Å². The molecule has 0 unspecified atom stereocenters. The monoisotopic (exact) mass is 349 g/mol. The third-order valence-corrected chi connectivity index (χ3v) is 5.43. The molecule has 3 heteroatoms. The number of nitriles is 1. The first kappa shape index (κ1) is 16.4. The summed E-state index contributed by atoms with van der Waals surface area (Å²) in [6, 6.07) is 8.67. The number of hydrogen-bond donors (Lipinski definition) is 0. The Kier molecular flexibility index (Phi) is 5.32. The van der Waals surface area contributed by atoms with E-state index in [1.54, 1.807) is 7.11 Å². The lowest BCUT2D eigenvalue weighted by molar-refractivity contribution is 0.174. The Hall–Kier alpha value is -1.01. The van der Waals surface area contributed by atoms with Crippen LogP contribution in [0.15, 0.2) is 22.7 Å². The lowest BCUT2D eigenvalue weighted by Gasteiger charge is -2.37. The van der Waals surface area contributed by atoms with Crippen LogP contribution in [0.5, 0.6) is 5.75 Å². The molecule has 1 fully saturated rings. The summed E-state index contributed by atoms with van der Waals surface area (Å²) in [5, 5.41) is 9.76. The van der Waals surface area contributed by atoms with Crippen LogP contribution in [0.4, 0.5) is 0 Å². The second-order valence-corrected chi connectivity index (χ2v) is 7.52. The van der Waals surface area contributed by atoms with E-state index in [1.807, 2.05) is 12.1 Å². The van der Waals surface area contributed by atoms with Gasteiger partial charge < -0.3 is 4.74 Å². The predicted octanol–water partition coefficient (Wildman–Crippen LogP) is 5.36. The fourth-order valence-corrected chi connectivity index (χ4v) is 3.85. The standard InChI is InChI=1S/C18H24BrNO/c1-13(2)14-6-8-18(12-20,9-7-14)11-15-10-16(19)4-5-17(15)21-3/h4-5,10,13-14H,6-9,11H2,1-3H3. The van der Waals surface area contributed by atoms with Gasteiger partial charge in [-0.1, -0.05) is 29.8 Å². The third-order valence-electron chi connectivity index (χ3n) is 4.94. The molecule has 0 aliphatic heterocycles. The summed E-state index contributed by atoms with van der Waals surface area (Å²) in [4.78, 5) is 0. The molecule has 1 aliphatic rings. The summed E-state index contributed by atoms with van der Waals surface area (Å²) < 4.78 is 6.50. The molecule has 0 spiro atoms. The molecule has 0 amide bonds. The Morgan fingerprint density at radius 1 is 1.38 bits per heavy atom. The van der Waals surface area contributed by atoms with Crippen LogP contribution in [0, 0.1) is 28.6 Å². The van der Waals surface area contributed by atoms with Crippen LogP contribution < -0.4 is 4.74 Å². The number of rotatable bonds is 4. The Labute approximate surface area is 136 Å². The molecule has 0 bridgehead atoms. The van der Waals surface area contributed by atoms with Crippen LogP contribution >= 0.6 is 15.9 Å². The van der Waals surface area contributed by atoms with Gasteiger partial charge >= 0.3 is 0 Å². The molecule has 0 atom stereocenters. The number of ether oxygens (including phenoxy) is 1. The number of benzene rings is 1. The van der Waals surface area contributed by atoms with Gasteiger partial charge in [-0.3, -0.25) is 0 Å². The van der Waals surface area contributed by atoms with E-state index in [4.69, 9.17) is 4.74 Å². The van der Waals surface area contributed by atoms with Gasteiger partial charge in [-0.2, -0.15) is 5.26 Å². The van der Waals surface area contributed by atoms with Crippen molar-refractivity contribution >= 4 is 15.9 Å². The molecule has 2 rings (SSSR count). The molecule has 2 nitrogen and oxygen atoms in total. The van der Waals surface area contributed by atoms with Gasteiger partial charge in [0, 0.05) is 4.47 Å². The fourth-order valence-electron chi connectivity index (χ4n) is 3.44. The van der Waals surface area contributed by atoms with Crippen LogP contribution in [0.1, 0.15) is 45.1 Å². The van der Waals surface area contributed by atoms with E-state index in [9.17, 15) is 5.26 Å². The summed E-state index contributed by atoms with van der Waals surface area (Å²) >= 11 is 3.52. The van der Waals surface area contributed by atoms with Crippen molar-refractivity contribution in [2.45, 2.75) is 46.0 Å². The summed E-state index contributed by atoms with van der Waals surface area (Å²) in [6.07, 6.45) is 5.13. The molecule has 0 heterocycles. The van der Waals surface area contributed by atoms with Crippen molar-refractivity contribution < 1.29 is 4.74 Å². The lowest BCUT2D eigenvalue weighted by atomic mass is 9.66. The molecular weight excluding hydrogens is 326 g/mol. The van der Waals surface area contributed by atoms with E-state index >= 15 is 0 Å². The van der Waals surface area contributed by atoms with Gasteiger partial charge in [0.1, 0.15) is 5.75 Å². The summed E-state index contributed by atoms with van der Waals surface area (Å²) in [5.74, 6) is 2.39. The van der Waals surface area contributed by atoms with E-state index in [0.29, 0.717) is 0 Å². The highest BCUT2D eigenvalue weighted by Crippen LogP contribution is 2.44. The number of nitrogens with zero attached hydrogens (tertiary/aromatic N) is 1. The average Bonchev–Trinajstić information content (AvgIpc) is 2.48. The number of methoxy groups -OCH3 is 1. The van der Waals surface area contributed by atoms with E-state index in [0.717, 1.165) is 46.9 Å². The largest absolute Gasteiger partial charge is 0.496 e. The minimum absolute atomic E-state index is 0.223. The Morgan fingerprint density at radius 2 is 2.05 bits per heavy atom. The average molecular weight is 350 g/mol. The molecule has 0 radical (unpaired) electrons. The van der Waals surface area contributed by atoms with E-state index in [1.165, 1.54) is 12.8 Å². The molecule has 1 aliphatic carbocycles. The summed E-state index contributed by atoms with van der Waals surface area (Å²) in [7, 11) is 1.70. The molecular formula is C18H24BrNO. The van der Waals surface area contributed by atoms with Gasteiger partial charge in [-0.15, -0.1) is 0 Å². The number of hydrogen-bond acceptors (Lipinski definition) is 2. The van der Waals surface area contributed by atoms with Crippen molar-refractivity contribution in [3.05, 3.63) is 28.2 Å². The van der Waals surface area contributed by atoms with Crippen molar-refractivity contribution in [2.24, 2.45) is 17.3 Å². The molecule has 0 aromatic heterocycles. The van der Waals surface area contributed by atoms with Crippen molar-refractivity contribution in [1.82, 2.24) is 0 Å². The minimum Gasteiger partial charge on any atom is -0.496 e. The SMILES string of the molecule is COc1ccc(Br)cc1CC1(C#N)CCC(C(C)C)CC1. The molecule has 1 saturated carbocycles. The molecule has 0 N–H and O–H groups in total. The van der Waals surface area contributed by atoms with Crippen molar-refractivity contribution in [3.8, 4) is 11.8 Å². The first-order chi connectivity index (χ1) is 9.99. The Balaban J connectivity index is 2.17. The first-order valence-electron chi connectivity index (χ1n) is 7.73. The van der Waals surface area contributed by atoms with E-state index in [2.05, 4.69) is 41.9 Å². The molecule has 21 heavy (non-hydrogen) atoms. The van der Waals surface area contributed by atoms with Crippen LogP contribution in [0.2, 0.25) is 0 Å². The lowest BCUT2D eigenvalue weighted by Crippen LogP contribution is -2.30. The first-order valence-corrected chi connectivity index (χ1v) is 8.52. The second kappa shape index (κ2) is 6.83. The van der Waals surface area contributed by atoms with Gasteiger partial charge in [0.2, 0.25) is 0 Å². The normalized spacial score (nSPS) is 25.6. The maximum Gasteiger partial charge on any atom is 0.122 e. The molecule has 114 valence electrons. The van der Waals surface area contributed by atoms with E-state index in [-0.39, 0.29) is 5.41 Å². The van der Waals surface area contributed by atoms with Crippen LogP contribution in [-0.2, 0) is 6.42 Å². The van der Waals surface area contributed by atoms with E-state index < -0.39 is 0 Å². The van der Waals surface area contributed by atoms with Crippen LogP contribution in [0.25, 0.3) is 0 Å². The highest BCUT2D eigenvalue weighted by atomic mass is 79.9. The zero-order valence-electron chi connectivity index (χ0n) is 13.2. The molecule has 1 aromatic carbocycles. The van der Waals surface area contributed by atoms with Gasteiger partial charge in [-0.05, 0) is 67.7 Å². The topological polar surface area (TPSA) is 33.0 Å². The predicted molar refractivity (Wildman–Crippen MR) is 89.2 cm³/mol. The fraction of sp³-hybridized carbons (Fsp3) is 0.611. The second-order valence-electron chi connectivity index (χ2n) is 6.61. The highest BCUT2D eigenvalue weighted by Gasteiger charge is 2.37. The Bertz CT molecular complexity index is 525. The van der Waals surface area contributed by atoms with Crippen molar-refractivity contribution in [1.29, 1.82) is 5.26 Å². The van der Waals surface area contributed by atoms with Crippen molar-refractivity contribution in [3.63, 3.8) is 0 Å². The molecule has 1 aromatic rings. The van der Waals surface area contributed by atoms with Crippen molar-refractivity contribution in [2.75, 3.05) is 7.11 Å². The smallest absolute Gasteiger partial charge is 0.122 e. The van der Waals surface area contributed by atoms with Crippen LogP contribution in [-0.4, -0.2) is 7.11 Å². The summed E-state index contributed by atoms with van der Waals surface area (Å²) in [5.41, 5.74) is 0.913. The minimum atomic E-state index is -0.223. The van der Waals surface area contributed by atoms with Gasteiger partial charge in [0.15, 0.2) is 0 Å². The van der Waals surface area contributed by atoms with Gasteiger partial charge in [0.25, 0.3) is 0 Å². The zero-order valence-corrected chi connectivity index (χ0v) is 14.7. The Morgan fingerprint density at radius 3 is 2.57 bits per heavy atom. The third kappa shape index (κ3) is 3.80. The van der Waals surface area contributed by atoms with Gasteiger partial charge in [-0.25, -0.2) is 0 Å².